The van der Waals surface area contributed by atoms with E-state index >= 15 is 0 Å². The van der Waals surface area contributed by atoms with Crippen LogP contribution < -0.4 is 5.32 Å². The summed E-state index contributed by atoms with van der Waals surface area (Å²) in [5.41, 5.74) is 1.02. The van der Waals surface area contributed by atoms with Gasteiger partial charge in [0.2, 0.25) is 0 Å². The number of imidazole rings is 1. The molecule has 1 heterocycles. The molecule has 1 amide bonds. The van der Waals surface area contributed by atoms with Gasteiger partial charge in [-0.1, -0.05) is 43.8 Å². The zero-order valence-electron chi connectivity index (χ0n) is 13.3. The molecule has 2 rings (SSSR count). The molecular formula is C16H21N3O2S. The second kappa shape index (κ2) is 7.35. The Morgan fingerprint density at radius 3 is 2.64 bits per heavy atom. The van der Waals surface area contributed by atoms with E-state index in [1.165, 1.54) is 7.05 Å². The third-order valence-corrected chi connectivity index (χ3v) is 4.39. The molecule has 0 atom stereocenters. The van der Waals surface area contributed by atoms with Crippen molar-refractivity contribution < 1.29 is 9.53 Å². The molecule has 0 saturated heterocycles. The summed E-state index contributed by atoms with van der Waals surface area (Å²) in [4.78, 5) is 17.0. The average molecular weight is 319 g/mol. The van der Waals surface area contributed by atoms with Gasteiger partial charge in [-0.2, -0.15) is 0 Å². The lowest BCUT2D eigenvalue weighted by molar-refractivity contribution is 0.138. The van der Waals surface area contributed by atoms with E-state index in [-0.39, 0.29) is 6.61 Å². The highest BCUT2D eigenvalue weighted by Gasteiger charge is 2.19. The lowest BCUT2D eigenvalue weighted by Gasteiger charge is -2.08. The zero-order chi connectivity index (χ0) is 16.1. The van der Waals surface area contributed by atoms with Crippen LogP contribution >= 0.6 is 11.8 Å². The topological polar surface area (TPSA) is 56.1 Å². The van der Waals surface area contributed by atoms with Crippen LogP contribution in [-0.2, 0) is 18.4 Å². The van der Waals surface area contributed by atoms with Gasteiger partial charge in [0.25, 0.3) is 0 Å². The second-order valence-electron chi connectivity index (χ2n) is 5.17. The van der Waals surface area contributed by atoms with Crippen LogP contribution in [0, 0.1) is 0 Å². The van der Waals surface area contributed by atoms with Crippen molar-refractivity contribution in [3.05, 3.63) is 41.9 Å². The summed E-state index contributed by atoms with van der Waals surface area (Å²) in [6, 6.07) is 10.2. The number of hydrogen-bond acceptors (Lipinski definition) is 4. The highest BCUT2D eigenvalue weighted by Crippen LogP contribution is 2.34. The number of alkyl carbamates (subject to hydrolysis) is 1. The van der Waals surface area contributed by atoms with E-state index in [0.29, 0.717) is 5.92 Å². The maximum Gasteiger partial charge on any atom is 0.407 e. The van der Waals surface area contributed by atoms with Crippen molar-refractivity contribution in [1.29, 1.82) is 0 Å². The van der Waals surface area contributed by atoms with E-state index in [1.807, 2.05) is 29.8 Å². The molecule has 0 bridgehead atoms. The molecule has 118 valence electrons. The average Bonchev–Trinajstić information content (AvgIpc) is 2.83. The standard InChI is InChI=1S/C16H21N3O2S/c1-11(2)14-15(22-12-8-6-5-7-9-12)19(4)13(18-14)10-21-16(20)17-3/h5-9,11H,10H2,1-4H3,(H,17,20). The van der Waals surface area contributed by atoms with Crippen LogP contribution in [0.2, 0.25) is 0 Å². The molecule has 0 unspecified atom stereocenters. The minimum atomic E-state index is -0.452. The van der Waals surface area contributed by atoms with Gasteiger partial charge < -0.3 is 14.6 Å². The molecule has 2 aromatic rings. The summed E-state index contributed by atoms with van der Waals surface area (Å²) in [6.45, 7) is 4.38. The molecule has 0 saturated carbocycles. The number of benzene rings is 1. The Morgan fingerprint density at radius 2 is 2.05 bits per heavy atom. The number of ether oxygens (including phenoxy) is 1. The minimum absolute atomic E-state index is 0.158. The number of nitrogens with zero attached hydrogens (tertiary/aromatic N) is 2. The van der Waals surface area contributed by atoms with Gasteiger partial charge in [-0.3, -0.25) is 0 Å². The lowest BCUT2D eigenvalue weighted by atomic mass is 10.2. The van der Waals surface area contributed by atoms with Crippen LogP contribution in [0.15, 0.2) is 40.3 Å². The van der Waals surface area contributed by atoms with Crippen molar-refractivity contribution in [3.63, 3.8) is 0 Å². The Balaban J connectivity index is 2.27. The van der Waals surface area contributed by atoms with Crippen molar-refractivity contribution in [2.24, 2.45) is 7.05 Å². The maximum atomic E-state index is 11.2. The van der Waals surface area contributed by atoms with E-state index in [4.69, 9.17) is 4.74 Å². The normalized spacial score (nSPS) is 10.8. The molecule has 1 aromatic heterocycles. The molecule has 0 spiro atoms. The fourth-order valence-corrected chi connectivity index (χ4v) is 3.12. The van der Waals surface area contributed by atoms with Crippen molar-refractivity contribution in [1.82, 2.24) is 14.9 Å². The summed E-state index contributed by atoms with van der Waals surface area (Å²) < 4.78 is 7.11. The molecule has 1 N–H and O–H groups in total. The monoisotopic (exact) mass is 319 g/mol. The second-order valence-corrected chi connectivity index (χ2v) is 6.24. The van der Waals surface area contributed by atoms with Crippen LogP contribution in [0.1, 0.15) is 31.3 Å². The van der Waals surface area contributed by atoms with E-state index in [2.05, 4.69) is 36.3 Å². The smallest absolute Gasteiger partial charge is 0.407 e. The summed E-state index contributed by atoms with van der Waals surface area (Å²) >= 11 is 1.67. The van der Waals surface area contributed by atoms with Crippen LogP contribution in [0.4, 0.5) is 4.79 Å². The third-order valence-electron chi connectivity index (χ3n) is 3.20. The Bertz CT molecular complexity index is 638. The quantitative estimate of drug-likeness (QED) is 0.915. The SMILES string of the molecule is CNC(=O)OCc1nc(C(C)C)c(Sc2ccccc2)n1C. The highest BCUT2D eigenvalue weighted by atomic mass is 32.2. The van der Waals surface area contributed by atoms with Gasteiger partial charge in [-0.25, -0.2) is 9.78 Å². The lowest BCUT2D eigenvalue weighted by Crippen LogP contribution is -2.19. The summed E-state index contributed by atoms with van der Waals surface area (Å²) in [5, 5.41) is 3.52. The molecule has 6 heteroatoms. The zero-order valence-corrected chi connectivity index (χ0v) is 14.1. The molecule has 0 radical (unpaired) electrons. The van der Waals surface area contributed by atoms with Crippen LogP contribution in [0.25, 0.3) is 0 Å². The van der Waals surface area contributed by atoms with E-state index in [0.717, 1.165) is 21.4 Å². The molecule has 22 heavy (non-hydrogen) atoms. The predicted octanol–water partition coefficient (Wildman–Crippen LogP) is 3.55. The van der Waals surface area contributed by atoms with Gasteiger partial charge >= 0.3 is 6.09 Å². The van der Waals surface area contributed by atoms with Gasteiger partial charge in [0.15, 0.2) is 6.61 Å². The van der Waals surface area contributed by atoms with Crippen LogP contribution in [0.3, 0.4) is 0 Å². The first-order valence-corrected chi connectivity index (χ1v) is 7.97. The predicted molar refractivity (Wildman–Crippen MR) is 87.1 cm³/mol. The number of aromatic nitrogens is 2. The molecular weight excluding hydrogens is 298 g/mol. The number of rotatable bonds is 5. The fraction of sp³-hybridized carbons (Fsp3) is 0.375. The summed E-state index contributed by atoms with van der Waals surface area (Å²) in [6.07, 6.45) is -0.452. The maximum absolute atomic E-state index is 11.2. The minimum Gasteiger partial charge on any atom is -0.441 e. The van der Waals surface area contributed by atoms with Crippen LogP contribution in [-0.4, -0.2) is 22.7 Å². The van der Waals surface area contributed by atoms with E-state index in [1.54, 1.807) is 11.8 Å². The van der Waals surface area contributed by atoms with Gasteiger partial charge in [-0.15, -0.1) is 0 Å². The number of carbonyl (C=O) groups is 1. The Labute approximate surface area is 135 Å². The first kappa shape index (κ1) is 16.4. The largest absolute Gasteiger partial charge is 0.441 e. The summed E-state index contributed by atoms with van der Waals surface area (Å²) in [5.74, 6) is 1.04. The van der Waals surface area contributed by atoms with Crippen molar-refractivity contribution >= 4 is 17.9 Å². The van der Waals surface area contributed by atoms with Crippen molar-refractivity contribution in [3.8, 4) is 0 Å². The number of carbonyl (C=O) groups excluding carboxylic acids is 1. The number of amides is 1. The van der Waals surface area contributed by atoms with Gasteiger partial charge in [-0.05, 0) is 18.1 Å². The van der Waals surface area contributed by atoms with Crippen molar-refractivity contribution in [2.45, 2.75) is 36.3 Å². The Kier molecular flexibility index (Phi) is 5.49. The fourth-order valence-electron chi connectivity index (χ4n) is 1.98. The first-order valence-electron chi connectivity index (χ1n) is 7.15. The van der Waals surface area contributed by atoms with Gasteiger partial charge in [0, 0.05) is 19.0 Å². The molecule has 1 aromatic carbocycles. The Hall–Kier alpha value is -1.95. The first-order chi connectivity index (χ1) is 10.5. The van der Waals surface area contributed by atoms with E-state index < -0.39 is 6.09 Å². The number of hydrogen-bond donors (Lipinski definition) is 1. The molecule has 0 aliphatic heterocycles. The van der Waals surface area contributed by atoms with Crippen LogP contribution in [0.5, 0.6) is 0 Å². The molecule has 0 aliphatic rings. The van der Waals surface area contributed by atoms with E-state index in [9.17, 15) is 4.79 Å². The molecule has 0 aliphatic carbocycles. The van der Waals surface area contributed by atoms with Gasteiger partial charge in [0.05, 0.1) is 5.69 Å². The van der Waals surface area contributed by atoms with Crippen molar-refractivity contribution in [2.75, 3.05) is 7.05 Å². The third kappa shape index (κ3) is 3.82. The summed E-state index contributed by atoms with van der Waals surface area (Å²) in [7, 11) is 3.49. The highest BCUT2D eigenvalue weighted by molar-refractivity contribution is 7.99. The molecule has 0 fully saturated rings. The number of nitrogens with one attached hydrogen (secondary N) is 1. The Morgan fingerprint density at radius 1 is 1.36 bits per heavy atom. The van der Waals surface area contributed by atoms with Gasteiger partial charge in [0.1, 0.15) is 10.9 Å². The molecule has 5 nitrogen and oxygen atoms in total.